The number of aldehydes is 1. The van der Waals surface area contributed by atoms with E-state index in [1.54, 1.807) is 18.2 Å². The molecule has 1 aromatic carbocycles. The summed E-state index contributed by atoms with van der Waals surface area (Å²) >= 11 is 5.84. The van der Waals surface area contributed by atoms with Crippen LogP contribution in [0.3, 0.4) is 0 Å². The summed E-state index contributed by atoms with van der Waals surface area (Å²) in [7, 11) is 0. The molecule has 2 rings (SSSR count). The molecule has 3 heteroatoms. The fraction of sp³-hybridized carbons (Fsp3) is 0.500. The third-order valence-electron chi connectivity index (χ3n) is 3.36. The predicted molar refractivity (Wildman–Crippen MR) is 68.9 cm³/mol. The van der Waals surface area contributed by atoms with Crippen molar-refractivity contribution in [3.63, 3.8) is 0 Å². The maximum absolute atomic E-state index is 10.9. The fourth-order valence-electron chi connectivity index (χ4n) is 2.25. The Hall–Kier alpha value is -1.02. The van der Waals surface area contributed by atoms with Crippen LogP contribution in [-0.2, 0) is 0 Å². The third-order valence-corrected chi connectivity index (χ3v) is 3.59. The van der Waals surface area contributed by atoms with Crippen molar-refractivity contribution >= 4 is 17.9 Å². The summed E-state index contributed by atoms with van der Waals surface area (Å²) in [6.07, 6.45) is 5.59. The Bertz CT molecular complexity index is 395. The van der Waals surface area contributed by atoms with Gasteiger partial charge < -0.3 is 4.74 Å². The van der Waals surface area contributed by atoms with Gasteiger partial charge in [-0.25, -0.2) is 0 Å². The summed E-state index contributed by atoms with van der Waals surface area (Å²) in [6.45, 7) is 2.27. The highest BCUT2D eigenvalue weighted by Gasteiger charge is 2.20. The SMILES string of the molecule is CC1CCC(Oc2ccc(Cl)cc2C=O)CC1. The summed E-state index contributed by atoms with van der Waals surface area (Å²) in [6, 6.07) is 5.19. The average Bonchev–Trinajstić information content (AvgIpc) is 2.34. The van der Waals surface area contributed by atoms with E-state index in [2.05, 4.69) is 6.92 Å². The van der Waals surface area contributed by atoms with Gasteiger partial charge in [-0.05, 0) is 49.8 Å². The first-order chi connectivity index (χ1) is 8.19. The number of benzene rings is 1. The van der Waals surface area contributed by atoms with E-state index in [1.807, 2.05) is 0 Å². The summed E-state index contributed by atoms with van der Waals surface area (Å²) in [5, 5.41) is 0.566. The molecule has 2 nitrogen and oxygen atoms in total. The molecule has 0 N–H and O–H groups in total. The van der Waals surface area contributed by atoms with Crippen molar-refractivity contribution in [1.82, 2.24) is 0 Å². The molecule has 0 aliphatic heterocycles. The predicted octanol–water partition coefficient (Wildman–Crippen LogP) is 4.11. The van der Waals surface area contributed by atoms with Gasteiger partial charge in [-0.15, -0.1) is 0 Å². The minimum Gasteiger partial charge on any atom is -0.490 e. The Morgan fingerprint density at radius 1 is 1.29 bits per heavy atom. The molecule has 0 saturated heterocycles. The van der Waals surface area contributed by atoms with Crippen LogP contribution in [0.25, 0.3) is 0 Å². The standard InChI is InChI=1S/C14H17ClO2/c1-10-2-5-13(6-3-10)17-14-7-4-12(15)8-11(14)9-16/h4,7-10,13H,2-3,5-6H2,1H3. The van der Waals surface area contributed by atoms with Gasteiger partial charge in [0, 0.05) is 5.02 Å². The van der Waals surface area contributed by atoms with Crippen molar-refractivity contribution < 1.29 is 9.53 Å². The van der Waals surface area contributed by atoms with Crippen LogP contribution >= 0.6 is 11.6 Å². The zero-order valence-corrected chi connectivity index (χ0v) is 10.7. The van der Waals surface area contributed by atoms with E-state index in [0.717, 1.165) is 25.0 Å². The van der Waals surface area contributed by atoms with Crippen molar-refractivity contribution in [3.8, 4) is 5.75 Å². The number of carbonyl (C=O) groups excluding carboxylic acids is 1. The van der Waals surface area contributed by atoms with Gasteiger partial charge in [0.25, 0.3) is 0 Å². The van der Waals surface area contributed by atoms with Gasteiger partial charge in [-0.2, -0.15) is 0 Å². The van der Waals surface area contributed by atoms with Crippen molar-refractivity contribution in [3.05, 3.63) is 28.8 Å². The highest BCUT2D eigenvalue weighted by molar-refractivity contribution is 6.30. The van der Waals surface area contributed by atoms with Gasteiger partial charge in [0.05, 0.1) is 11.7 Å². The molecule has 0 aromatic heterocycles. The van der Waals surface area contributed by atoms with Crippen LogP contribution in [0.15, 0.2) is 18.2 Å². The van der Waals surface area contributed by atoms with Crippen LogP contribution in [-0.4, -0.2) is 12.4 Å². The Balaban J connectivity index is 2.05. The number of hydrogen-bond acceptors (Lipinski definition) is 2. The highest BCUT2D eigenvalue weighted by atomic mass is 35.5. The van der Waals surface area contributed by atoms with Gasteiger partial charge in [0.2, 0.25) is 0 Å². The largest absolute Gasteiger partial charge is 0.490 e. The molecule has 0 unspecified atom stereocenters. The first kappa shape index (κ1) is 12.4. The second kappa shape index (κ2) is 5.54. The van der Waals surface area contributed by atoms with E-state index in [4.69, 9.17) is 16.3 Å². The fourth-order valence-corrected chi connectivity index (χ4v) is 2.43. The Kier molecular flexibility index (Phi) is 4.06. The van der Waals surface area contributed by atoms with E-state index in [1.165, 1.54) is 12.8 Å². The molecule has 1 fully saturated rings. The molecule has 1 aliphatic carbocycles. The number of carbonyl (C=O) groups is 1. The summed E-state index contributed by atoms with van der Waals surface area (Å²) in [4.78, 5) is 10.9. The van der Waals surface area contributed by atoms with E-state index >= 15 is 0 Å². The van der Waals surface area contributed by atoms with Crippen molar-refractivity contribution in [2.45, 2.75) is 38.7 Å². The molecule has 1 aromatic rings. The first-order valence-corrected chi connectivity index (χ1v) is 6.48. The lowest BCUT2D eigenvalue weighted by Gasteiger charge is -2.27. The lowest BCUT2D eigenvalue weighted by molar-refractivity contribution is 0.110. The Morgan fingerprint density at radius 3 is 2.65 bits per heavy atom. The smallest absolute Gasteiger partial charge is 0.153 e. The number of halogens is 1. The van der Waals surface area contributed by atoms with Crippen LogP contribution in [0.4, 0.5) is 0 Å². The molecule has 17 heavy (non-hydrogen) atoms. The molecule has 1 aliphatic rings. The first-order valence-electron chi connectivity index (χ1n) is 6.10. The van der Waals surface area contributed by atoms with Gasteiger partial charge in [-0.3, -0.25) is 4.79 Å². The van der Waals surface area contributed by atoms with E-state index in [0.29, 0.717) is 16.3 Å². The second-order valence-electron chi connectivity index (χ2n) is 4.80. The molecule has 1 saturated carbocycles. The van der Waals surface area contributed by atoms with Crippen molar-refractivity contribution in [1.29, 1.82) is 0 Å². The monoisotopic (exact) mass is 252 g/mol. The van der Waals surface area contributed by atoms with Crippen molar-refractivity contribution in [2.75, 3.05) is 0 Å². The van der Waals surface area contributed by atoms with Gasteiger partial charge in [0.15, 0.2) is 6.29 Å². The number of rotatable bonds is 3. The highest BCUT2D eigenvalue weighted by Crippen LogP contribution is 2.29. The lowest BCUT2D eigenvalue weighted by atomic mass is 9.89. The number of hydrogen-bond donors (Lipinski definition) is 0. The van der Waals surface area contributed by atoms with Gasteiger partial charge >= 0.3 is 0 Å². The maximum atomic E-state index is 10.9. The average molecular weight is 253 g/mol. The maximum Gasteiger partial charge on any atom is 0.153 e. The van der Waals surface area contributed by atoms with Crippen LogP contribution in [0.5, 0.6) is 5.75 Å². The van der Waals surface area contributed by atoms with Crippen LogP contribution < -0.4 is 4.74 Å². The molecule has 0 bridgehead atoms. The zero-order valence-electron chi connectivity index (χ0n) is 9.99. The Morgan fingerprint density at radius 2 is 2.00 bits per heavy atom. The summed E-state index contributed by atoms with van der Waals surface area (Å²) < 4.78 is 5.89. The molecule has 0 heterocycles. The van der Waals surface area contributed by atoms with Crippen LogP contribution in [0.2, 0.25) is 5.02 Å². The number of ether oxygens (including phenoxy) is 1. The molecule has 0 spiro atoms. The molecular formula is C14H17ClO2. The van der Waals surface area contributed by atoms with Crippen LogP contribution in [0.1, 0.15) is 43.0 Å². The van der Waals surface area contributed by atoms with E-state index < -0.39 is 0 Å². The molecule has 0 amide bonds. The van der Waals surface area contributed by atoms with E-state index in [9.17, 15) is 4.79 Å². The van der Waals surface area contributed by atoms with Gasteiger partial charge in [-0.1, -0.05) is 18.5 Å². The minimum absolute atomic E-state index is 0.242. The zero-order chi connectivity index (χ0) is 12.3. The normalized spacial score (nSPS) is 24.4. The second-order valence-corrected chi connectivity index (χ2v) is 5.24. The quantitative estimate of drug-likeness (QED) is 0.757. The minimum atomic E-state index is 0.242. The third kappa shape index (κ3) is 3.22. The lowest BCUT2D eigenvalue weighted by Crippen LogP contribution is -2.23. The van der Waals surface area contributed by atoms with Crippen LogP contribution in [0, 0.1) is 5.92 Å². The van der Waals surface area contributed by atoms with Gasteiger partial charge in [0.1, 0.15) is 5.75 Å². The Labute approximate surface area is 107 Å². The molecule has 0 radical (unpaired) electrons. The van der Waals surface area contributed by atoms with Crippen molar-refractivity contribution in [2.24, 2.45) is 5.92 Å². The van der Waals surface area contributed by atoms with E-state index in [-0.39, 0.29) is 6.10 Å². The summed E-state index contributed by atoms with van der Waals surface area (Å²) in [5.41, 5.74) is 0.538. The molecule has 92 valence electrons. The molecular weight excluding hydrogens is 236 g/mol. The topological polar surface area (TPSA) is 26.3 Å². The molecule has 0 atom stereocenters. The summed E-state index contributed by atoms with van der Waals surface area (Å²) in [5.74, 6) is 1.45.